The highest BCUT2D eigenvalue weighted by atomic mass is 19.2. The number of hydrogen-bond acceptors (Lipinski definition) is 2. The van der Waals surface area contributed by atoms with E-state index in [0.717, 1.165) is 6.21 Å². The van der Waals surface area contributed by atoms with Crippen LogP contribution in [0.15, 0.2) is 5.16 Å². The minimum absolute atomic E-state index is 0.837. The average Bonchev–Trinajstić information content (AvgIpc) is 2.28. The highest BCUT2D eigenvalue weighted by molar-refractivity contribution is 5.52. The van der Waals surface area contributed by atoms with Gasteiger partial charge in [0.05, 0.1) is 5.56 Å². The van der Waals surface area contributed by atoms with Crippen molar-refractivity contribution in [2.24, 2.45) is 5.16 Å². The maximum absolute atomic E-state index is 13.0. The molecule has 0 spiro atoms. The van der Waals surface area contributed by atoms with Gasteiger partial charge in [-0.15, -0.1) is 0 Å². The summed E-state index contributed by atoms with van der Waals surface area (Å²) in [6.45, 7) is 0.620. The Morgan fingerprint density at radius 3 is 1.81 bits per heavy atom. The molecule has 0 aliphatic rings. The third kappa shape index (κ3) is 2.12. The zero-order chi connectivity index (χ0) is 12.3. The second-order valence-electron chi connectivity index (χ2n) is 2.69. The van der Waals surface area contributed by atoms with Gasteiger partial charge < -0.3 is 4.84 Å². The van der Waals surface area contributed by atoms with E-state index in [-0.39, 0.29) is 0 Å². The largest absolute Gasteiger partial charge is 0.391 e. The van der Waals surface area contributed by atoms with Crippen molar-refractivity contribution in [3.8, 4) is 0 Å². The van der Waals surface area contributed by atoms with Crippen LogP contribution in [-0.4, -0.2) is 6.21 Å². The van der Waals surface area contributed by atoms with Crippen molar-refractivity contribution in [1.29, 1.82) is 0 Å². The Bertz CT molecular complexity index is 403. The molecule has 0 N–H and O–H groups in total. The molecule has 2 nitrogen and oxygen atoms in total. The molecule has 0 aromatic heterocycles. The second kappa shape index (κ2) is 4.91. The van der Waals surface area contributed by atoms with Gasteiger partial charge in [0.1, 0.15) is 6.61 Å². The monoisotopic (exact) mass is 239 g/mol. The van der Waals surface area contributed by atoms with Gasteiger partial charge in [0, 0.05) is 6.21 Å². The van der Waals surface area contributed by atoms with Crippen LogP contribution >= 0.6 is 0 Å². The smallest absolute Gasteiger partial charge is 0.200 e. The van der Waals surface area contributed by atoms with Crippen molar-refractivity contribution in [2.75, 3.05) is 0 Å². The lowest BCUT2D eigenvalue weighted by atomic mass is 10.2. The number of oxime groups is 1. The van der Waals surface area contributed by atoms with Crippen LogP contribution < -0.4 is 0 Å². The van der Waals surface area contributed by atoms with Gasteiger partial charge in [-0.2, -0.15) is 0 Å². The minimum atomic E-state index is -2.20. The van der Waals surface area contributed by atoms with Gasteiger partial charge in [-0.3, -0.25) is 0 Å². The van der Waals surface area contributed by atoms with Gasteiger partial charge in [-0.25, -0.2) is 22.0 Å². The van der Waals surface area contributed by atoms with Crippen molar-refractivity contribution in [2.45, 2.75) is 13.5 Å². The SMILES string of the molecule is C/C=N/OCc1c(F)c(F)c(F)c(F)c1F. The van der Waals surface area contributed by atoms with E-state index in [1.54, 1.807) is 0 Å². The molecule has 0 saturated heterocycles. The molecule has 0 aliphatic heterocycles. The number of halogens is 5. The normalized spacial score (nSPS) is 11.1. The van der Waals surface area contributed by atoms with Crippen LogP contribution in [0.1, 0.15) is 12.5 Å². The van der Waals surface area contributed by atoms with Crippen molar-refractivity contribution < 1.29 is 26.8 Å². The molecule has 0 unspecified atom stereocenters. The first-order chi connectivity index (χ1) is 7.50. The standard InChI is InChI=1S/C9H6F5NO/c1-2-15-16-3-4-5(10)7(12)9(14)8(13)6(4)11/h2H,3H2,1H3/b15-2+. The fourth-order valence-electron chi connectivity index (χ4n) is 0.953. The van der Waals surface area contributed by atoms with Crippen LogP contribution in [0.2, 0.25) is 0 Å². The molecule has 7 heteroatoms. The summed E-state index contributed by atoms with van der Waals surface area (Å²) in [7, 11) is 0. The van der Waals surface area contributed by atoms with E-state index >= 15 is 0 Å². The minimum Gasteiger partial charge on any atom is -0.391 e. The van der Waals surface area contributed by atoms with Gasteiger partial charge in [0.15, 0.2) is 23.3 Å². The maximum Gasteiger partial charge on any atom is 0.200 e. The molecule has 88 valence electrons. The second-order valence-corrected chi connectivity index (χ2v) is 2.69. The summed E-state index contributed by atoms with van der Waals surface area (Å²) in [5.41, 5.74) is -1.05. The van der Waals surface area contributed by atoms with Crippen molar-refractivity contribution in [3.05, 3.63) is 34.6 Å². The Kier molecular flexibility index (Phi) is 3.81. The van der Waals surface area contributed by atoms with Crippen molar-refractivity contribution in [1.82, 2.24) is 0 Å². The predicted molar refractivity (Wildman–Crippen MR) is 45.2 cm³/mol. The lowest BCUT2D eigenvalue weighted by molar-refractivity contribution is 0.124. The average molecular weight is 239 g/mol. The van der Waals surface area contributed by atoms with Crippen LogP contribution in [0, 0.1) is 29.1 Å². The van der Waals surface area contributed by atoms with E-state index in [1.807, 2.05) is 0 Å². The van der Waals surface area contributed by atoms with E-state index < -0.39 is 41.3 Å². The topological polar surface area (TPSA) is 21.6 Å². The number of nitrogens with zero attached hydrogens (tertiary/aromatic N) is 1. The molecule has 0 radical (unpaired) electrons. The molecule has 0 fully saturated rings. The van der Waals surface area contributed by atoms with Crippen molar-refractivity contribution >= 4 is 6.21 Å². The van der Waals surface area contributed by atoms with Gasteiger partial charge in [0.25, 0.3) is 0 Å². The van der Waals surface area contributed by atoms with Gasteiger partial charge in [0.2, 0.25) is 5.82 Å². The number of benzene rings is 1. The summed E-state index contributed by atoms with van der Waals surface area (Å²) in [6, 6.07) is 0. The first-order valence-corrected chi connectivity index (χ1v) is 4.11. The molecule has 0 aliphatic carbocycles. The van der Waals surface area contributed by atoms with E-state index in [2.05, 4.69) is 9.99 Å². The summed E-state index contributed by atoms with van der Waals surface area (Å²) < 4.78 is 63.9. The molecule has 16 heavy (non-hydrogen) atoms. The van der Waals surface area contributed by atoms with E-state index in [4.69, 9.17) is 0 Å². The lowest BCUT2D eigenvalue weighted by Crippen LogP contribution is -2.07. The third-order valence-corrected chi connectivity index (χ3v) is 1.69. The van der Waals surface area contributed by atoms with Gasteiger partial charge in [-0.1, -0.05) is 5.16 Å². The summed E-state index contributed by atoms with van der Waals surface area (Å²) in [5, 5.41) is 3.13. The third-order valence-electron chi connectivity index (χ3n) is 1.69. The van der Waals surface area contributed by atoms with Crippen LogP contribution in [0.25, 0.3) is 0 Å². The fourth-order valence-corrected chi connectivity index (χ4v) is 0.953. The van der Waals surface area contributed by atoms with Crippen LogP contribution in [0.5, 0.6) is 0 Å². The fraction of sp³-hybridized carbons (Fsp3) is 0.222. The molecule has 0 bridgehead atoms. The Labute approximate surface area is 87.3 Å². The molecular formula is C9H6F5NO. The van der Waals surface area contributed by atoms with Crippen LogP contribution in [-0.2, 0) is 11.4 Å². The van der Waals surface area contributed by atoms with Crippen molar-refractivity contribution in [3.63, 3.8) is 0 Å². The van der Waals surface area contributed by atoms with Gasteiger partial charge in [-0.05, 0) is 6.92 Å². The Hall–Kier alpha value is -1.66. The zero-order valence-electron chi connectivity index (χ0n) is 8.03. The first-order valence-electron chi connectivity index (χ1n) is 4.11. The molecular weight excluding hydrogens is 233 g/mol. The quantitative estimate of drug-likeness (QED) is 0.261. The van der Waals surface area contributed by atoms with E-state index in [9.17, 15) is 22.0 Å². The van der Waals surface area contributed by atoms with Crippen LogP contribution in [0.3, 0.4) is 0 Å². The summed E-state index contributed by atoms with van der Waals surface area (Å²) in [5.74, 6) is -10.0. The molecule has 0 atom stereocenters. The Balaban J connectivity index is 3.18. The molecule has 0 heterocycles. The molecule has 1 aromatic rings. The molecule has 1 rings (SSSR count). The highest BCUT2D eigenvalue weighted by Crippen LogP contribution is 2.23. The van der Waals surface area contributed by atoms with E-state index in [1.165, 1.54) is 6.92 Å². The Morgan fingerprint density at radius 2 is 1.38 bits per heavy atom. The van der Waals surface area contributed by atoms with Crippen LogP contribution in [0.4, 0.5) is 22.0 Å². The Morgan fingerprint density at radius 1 is 0.938 bits per heavy atom. The molecule has 1 aromatic carbocycles. The predicted octanol–water partition coefficient (Wildman–Crippen LogP) is 2.90. The maximum atomic E-state index is 13.0. The highest BCUT2D eigenvalue weighted by Gasteiger charge is 2.25. The summed E-state index contributed by atoms with van der Waals surface area (Å²) in [4.78, 5) is 4.31. The van der Waals surface area contributed by atoms with Gasteiger partial charge >= 0.3 is 0 Å². The zero-order valence-corrected chi connectivity index (χ0v) is 8.03. The number of hydrogen-bond donors (Lipinski definition) is 0. The van der Waals surface area contributed by atoms with E-state index in [0.29, 0.717) is 0 Å². The molecule has 0 amide bonds. The lowest BCUT2D eigenvalue weighted by Gasteiger charge is -2.06. The molecule has 0 saturated carbocycles. The summed E-state index contributed by atoms with van der Waals surface area (Å²) >= 11 is 0. The summed E-state index contributed by atoms with van der Waals surface area (Å²) in [6.07, 6.45) is 1.16. The number of rotatable bonds is 3. The first kappa shape index (κ1) is 12.4.